The molecule has 0 aromatic heterocycles. The zero-order chi connectivity index (χ0) is 72.8. The van der Waals surface area contributed by atoms with Crippen LogP contribution in [-0.2, 0) is 65.4 Å². The normalized spacial score (nSPS) is 14.2. The number of hydrogen-bond acceptors (Lipinski definition) is 15. The molecule has 19 heteroatoms. The predicted octanol–water partition coefficient (Wildman–Crippen LogP) is 23.9. The molecule has 99 heavy (non-hydrogen) atoms. The van der Waals surface area contributed by atoms with Crippen LogP contribution in [0.15, 0.2) is 0 Å². The van der Waals surface area contributed by atoms with E-state index in [0.717, 1.165) is 102 Å². The van der Waals surface area contributed by atoms with E-state index in [1.807, 2.05) is 0 Å². The fraction of sp³-hybridized carbons (Fsp3) is 0.950. The predicted molar refractivity (Wildman–Crippen MR) is 405 cm³/mol. The van der Waals surface area contributed by atoms with E-state index in [4.69, 9.17) is 37.0 Å². The van der Waals surface area contributed by atoms with Gasteiger partial charge in [0.05, 0.1) is 26.4 Å². The molecule has 0 rings (SSSR count). The number of aliphatic hydroxyl groups excluding tert-OH is 1. The molecule has 0 radical (unpaired) electrons. The number of rotatable bonds is 79. The third kappa shape index (κ3) is 72.8. The summed E-state index contributed by atoms with van der Waals surface area (Å²) in [6.45, 7) is 9.70. The van der Waals surface area contributed by atoms with Gasteiger partial charge in [0, 0.05) is 25.7 Å². The molecule has 0 fully saturated rings. The van der Waals surface area contributed by atoms with Gasteiger partial charge >= 0.3 is 39.5 Å². The van der Waals surface area contributed by atoms with Crippen LogP contribution in [0.3, 0.4) is 0 Å². The average Bonchev–Trinajstić information content (AvgIpc) is 1.05. The molecular formula is C80H156O17P2. The van der Waals surface area contributed by atoms with Gasteiger partial charge in [-0.25, -0.2) is 9.13 Å². The molecule has 0 amide bonds. The molecule has 0 aliphatic carbocycles. The lowest BCUT2D eigenvalue weighted by atomic mass is 9.99. The van der Waals surface area contributed by atoms with Gasteiger partial charge in [0.2, 0.25) is 0 Å². The lowest BCUT2D eigenvalue weighted by Crippen LogP contribution is -2.30. The van der Waals surface area contributed by atoms with E-state index in [9.17, 15) is 43.2 Å². The Kier molecular flexibility index (Phi) is 70.3. The Hall–Kier alpha value is -1.94. The van der Waals surface area contributed by atoms with Crippen LogP contribution in [0.4, 0.5) is 0 Å². The standard InChI is InChI=1S/C80H156O17P2/c1-7-10-12-14-16-18-20-24-32-38-44-50-56-62-77(82)90-68-75(96-79(84)64-58-52-46-40-34-25-21-19-17-15-13-11-8-2)70-94-98(86,87)92-66-74(81)67-93-99(88,89)95-71-76(69-91-78(83)63-57-51-45-39-33-29-28-30-36-42-48-54-60-72(4)5)97-80(85)65-59-53-47-41-35-27-23-22-26-31-37-43-49-55-61-73(6)9-3/h72-76,81H,7-71H2,1-6H3,(H,86,87)(H,88,89)/t73?,74-,75+,76+/m0/s1. The molecule has 17 nitrogen and oxygen atoms in total. The van der Waals surface area contributed by atoms with Gasteiger partial charge in [0.25, 0.3) is 0 Å². The van der Waals surface area contributed by atoms with Crippen molar-refractivity contribution in [2.75, 3.05) is 39.6 Å². The number of ether oxygens (including phenoxy) is 4. The minimum Gasteiger partial charge on any atom is -0.462 e. The fourth-order valence-corrected chi connectivity index (χ4v) is 13.9. The van der Waals surface area contributed by atoms with Crippen LogP contribution in [0.5, 0.6) is 0 Å². The highest BCUT2D eigenvalue weighted by Gasteiger charge is 2.30. The molecular weight excluding hydrogens is 1290 g/mol. The number of carbonyl (C=O) groups excluding carboxylic acids is 4. The molecule has 0 saturated carbocycles. The fourth-order valence-electron chi connectivity index (χ4n) is 12.3. The van der Waals surface area contributed by atoms with Crippen molar-refractivity contribution < 1.29 is 80.2 Å². The monoisotopic (exact) mass is 1450 g/mol. The van der Waals surface area contributed by atoms with Crippen LogP contribution in [0.1, 0.15) is 420 Å². The van der Waals surface area contributed by atoms with Crippen LogP contribution in [0.25, 0.3) is 0 Å². The highest BCUT2D eigenvalue weighted by atomic mass is 31.2. The third-order valence-corrected chi connectivity index (χ3v) is 21.0. The van der Waals surface area contributed by atoms with Crippen molar-refractivity contribution in [1.82, 2.24) is 0 Å². The number of phosphoric acid groups is 2. The van der Waals surface area contributed by atoms with Gasteiger partial charge in [-0.3, -0.25) is 37.3 Å². The molecule has 0 aliphatic rings. The summed E-state index contributed by atoms with van der Waals surface area (Å²) in [4.78, 5) is 73.0. The van der Waals surface area contributed by atoms with Gasteiger partial charge in [0.1, 0.15) is 19.3 Å². The van der Waals surface area contributed by atoms with Gasteiger partial charge in [0.15, 0.2) is 12.2 Å². The lowest BCUT2D eigenvalue weighted by Gasteiger charge is -2.21. The molecule has 0 bridgehead atoms. The smallest absolute Gasteiger partial charge is 0.462 e. The number of phosphoric ester groups is 2. The third-order valence-electron chi connectivity index (χ3n) is 19.1. The Bertz CT molecular complexity index is 1910. The first-order valence-electron chi connectivity index (χ1n) is 41.5. The number of unbranched alkanes of at least 4 members (excludes halogenated alkanes) is 48. The van der Waals surface area contributed by atoms with E-state index in [1.54, 1.807) is 0 Å². The highest BCUT2D eigenvalue weighted by molar-refractivity contribution is 7.47. The second-order valence-electron chi connectivity index (χ2n) is 29.5. The van der Waals surface area contributed by atoms with Crippen molar-refractivity contribution in [2.24, 2.45) is 11.8 Å². The minimum atomic E-state index is -4.96. The zero-order valence-corrected chi connectivity index (χ0v) is 66.6. The Labute approximate surface area is 607 Å². The molecule has 588 valence electrons. The van der Waals surface area contributed by atoms with E-state index < -0.39 is 97.5 Å². The van der Waals surface area contributed by atoms with Gasteiger partial charge in [-0.15, -0.1) is 0 Å². The van der Waals surface area contributed by atoms with Crippen molar-refractivity contribution in [3.05, 3.63) is 0 Å². The van der Waals surface area contributed by atoms with Crippen LogP contribution < -0.4 is 0 Å². The number of carbonyl (C=O) groups is 4. The largest absolute Gasteiger partial charge is 0.472 e. The molecule has 0 aliphatic heterocycles. The SMILES string of the molecule is CCCCCCCCCCCCCCCC(=O)OC[C@H](COP(=O)(O)OC[C@H](O)COP(=O)(O)OC[C@@H](COC(=O)CCCCCCCCCCCCCCC(C)C)OC(=O)CCCCCCCCCCCCCCCCC(C)CC)OC(=O)CCCCCCCCCCCCCCC. The zero-order valence-electron chi connectivity index (χ0n) is 64.8. The van der Waals surface area contributed by atoms with Crippen LogP contribution in [-0.4, -0.2) is 96.7 Å². The second kappa shape index (κ2) is 71.7. The van der Waals surface area contributed by atoms with Gasteiger partial charge < -0.3 is 33.8 Å². The maximum atomic E-state index is 13.1. The summed E-state index contributed by atoms with van der Waals surface area (Å²) in [5.41, 5.74) is 0. The summed E-state index contributed by atoms with van der Waals surface area (Å²) in [5, 5.41) is 10.6. The maximum absolute atomic E-state index is 13.1. The number of esters is 4. The number of aliphatic hydroxyl groups is 1. The highest BCUT2D eigenvalue weighted by Crippen LogP contribution is 2.45. The first-order valence-corrected chi connectivity index (χ1v) is 44.5. The molecule has 0 aromatic rings. The summed E-state index contributed by atoms with van der Waals surface area (Å²) >= 11 is 0. The van der Waals surface area contributed by atoms with E-state index in [1.165, 1.54) is 238 Å². The van der Waals surface area contributed by atoms with E-state index in [2.05, 4.69) is 41.5 Å². The molecule has 6 atom stereocenters. The van der Waals surface area contributed by atoms with E-state index in [0.29, 0.717) is 25.7 Å². The van der Waals surface area contributed by atoms with Crippen molar-refractivity contribution in [2.45, 2.75) is 439 Å². The van der Waals surface area contributed by atoms with Crippen LogP contribution in [0, 0.1) is 11.8 Å². The molecule has 3 N–H and O–H groups in total. The Morgan fingerprint density at radius 1 is 0.293 bits per heavy atom. The van der Waals surface area contributed by atoms with Crippen molar-refractivity contribution >= 4 is 39.5 Å². The summed E-state index contributed by atoms with van der Waals surface area (Å²) in [6, 6.07) is 0. The maximum Gasteiger partial charge on any atom is 0.472 e. The van der Waals surface area contributed by atoms with Gasteiger partial charge in [-0.1, -0.05) is 369 Å². The Morgan fingerprint density at radius 2 is 0.515 bits per heavy atom. The minimum absolute atomic E-state index is 0.108. The van der Waals surface area contributed by atoms with E-state index in [-0.39, 0.29) is 25.7 Å². The first-order chi connectivity index (χ1) is 47.9. The van der Waals surface area contributed by atoms with E-state index >= 15 is 0 Å². The molecule has 0 heterocycles. The average molecular weight is 1450 g/mol. The van der Waals surface area contributed by atoms with Gasteiger partial charge in [-0.05, 0) is 37.5 Å². The summed E-state index contributed by atoms with van der Waals surface area (Å²) in [6.07, 6.45) is 60.7. The Balaban J connectivity index is 5.26. The van der Waals surface area contributed by atoms with Crippen LogP contribution >= 0.6 is 15.6 Å². The van der Waals surface area contributed by atoms with Crippen molar-refractivity contribution in [3.63, 3.8) is 0 Å². The summed E-state index contributed by atoms with van der Waals surface area (Å²) in [5.74, 6) is -0.479. The topological polar surface area (TPSA) is 237 Å². The summed E-state index contributed by atoms with van der Waals surface area (Å²) in [7, 11) is -9.92. The summed E-state index contributed by atoms with van der Waals surface area (Å²) < 4.78 is 68.7. The van der Waals surface area contributed by atoms with Crippen molar-refractivity contribution in [3.8, 4) is 0 Å². The van der Waals surface area contributed by atoms with Crippen molar-refractivity contribution in [1.29, 1.82) is 0 Å². The molecule has 0 spiro atoms. The quantitative estimate of drug-likeness (QED) is 0.0222. The first kappa shape index (κ1) is 97.1. The Morgan fingerprint density at radius 3 is 0.768 bits per heavy atom. The molecule has 3 unspecified atom stereocenters. The lowest BCUT2D eigenvalue weighted by molar-refractivity contribution is -0.161. The molecule has 0 saturated heterocycles. The van der Waals surface area contributed by atoms with Crippen LogP contribution in [0.2, 0.25) is 0 Å². The van der Waals surface area contributed by atoms with Gasteiger partial charge in [-0.2, -0.15) is 0 Å². The second-order valence-corrected chi connectivity index (χ2v) is 32.4. The number of hydrogen-bond donors (Lipinski definition) is 3. The molecule has 0 aromatic carbocycles.